The van der Waals surface area contributed by atoms with E-state index in [9.17, 15) is 0 Å². The smallest absolute Gasteiger partial charge is 0.108 e. The molecule has 1 saturated heterocycles. The molecular weight excluding hydrogens is 198 g/mol. The number of likely N-dealkylation sites (tertiary alicyclic amines) is 1. The minimum absolute atomic E-state index is 0.588. The summed E-state index contributed by atoms with van der Waals surface area (Å²) in [6, 6.07) is 5.45. The van der Waals surface area contributed by atoms with E-state index in [1.165, 1.54) is 6.42 Å². The van der Waals surface area contributed by atoms with Crippen LogP contribution >= 0.6 is 0 Å². The zero-order valence-corrected chi connectivity index (χ0v) is 10.8. The molecule has 0 bridgehead atoms. The molecule has 0 amide bonds. The highest BCUT2D eigenvalue weighted by Gasteiger charge is 2.36. The van der Waals surface area contributed by atoms with E-state index in [1.54, 1.807) is 6.26 Å². The van der Waals surface area contributed by atoms with Gasteiger partial charge in [-0.05, 0) is 38.3 Å². The summed E-state index contributed by atoms with van der Waals surface area (Å²) in [6.07, 6.45) is 3.03. The zero-order chi connectivity index (χ0) is 11.7. The van der Waals surface area contributed by atoms with Crippen LogP contribution in [0.15, 0.2) is 22.8 Å². The second kappa shape index (κ2) is 4.62. The van der Waals surface area contributed by atoms with Gasteiger partial charge >= 0.3 is 0 Å². The van der Waals surface area contributed by atoms with Crippen molar-refractivity contribution in [2.75, 3.05) is 6.54 Å². The minimum atomic E-state index is 0.588. The van der Waals surface area contributed by atoms with E-state index in [2.05, 4.69) is 38.7 Å². The number of nitrogens with zero attached hydrogens (tertiary/aromatic N) is 1. The van der Waals surface area contributed by atoms with Crippen LogP contribution in [0.2, 0.25) is 0 Å². The highest BCUT2D eigenvalue weighted by molar-refractivity contribution is 5.10. The largest absolute Gasteiger partial charge is 0.469 e. The van der Waals surface area contributed by atoms with E-state index in [4.69, 9.17) is 4.42 Å². The Morgan fingerprint density at radius 3 is 2.50 bits per heavy atom. The van der Waals surface area contributed by atoms with Gasteiger partial charge in [-0.1, -0.05) is 13.8 Å². The first kappa shape index (κ1) is 11.7. The van der Waals surface area contributed by atoms with Crippen molar-refractivity contribution in [1.82, 2.24) is 4.90 Å². The van der Waals surface area contributed by atoms with Crippen molar-refractivity contribution in [3.05, 3.63) is 24.2 Å². The quantitative estimate of drug-likeness (QED) is 0.776. The second-order valence-corrected chi connectivity index (χ2v) is 5.55. The Hall–Kier alpha value is -0.760. The van der Waals surface area contributed by atoms with E-state index in [1.807, 2.05) is 6.07 Å². The number of hydrogen-bond acceptors (Lipinski definition) is 2. The second-order valence-electron chi connectivity index (χ2n) is 5.55. The average Bonchev–Trinajstić information content (AvgIpc) is 2.86. The average molecular weight is 221 g/mol. The molecule has 2 rings (SSSR count). The Kier molecular flexibility index (Phi) is 3.38. The van der Waals surface area contributed by atoms with Crippen LogP contribution in [0, 0.1) is 5.92 Å². The summed E-state index contributed by atoms with van der Waals surface area (Å²) < 4.78 is 5.55. The minimum Gasteiger partial charge on any atom is -0.469 e. The van der Waals surface area contributed by atoms with Gasteiger partial charge in [-0.25, -0.2) is 0 Å². The summed E-state index contributed by atoms with van der Waals surface area (Å²) in [7, 11) is 0. The van der Waals surface area contributed by atoms with Gasteiger partial charge in [-0.15, -0.1) is 0 Å². The van der Waals surface area contributed by atoms with Crippen molar-refractivity contribution in [2.24, 2.45) is 5.92 Å². The highest BCUT2D eigenvalue weighted by atomic mass is 16.3. The molecule has 0 spiro atoms. The van der Waals surface area contributed by atoms with Crippen molar-refractivity contribution >= 4 is 0 Å². The Labute approximate surface area is 98.6 Å². The van der Waals surface area contributed by atoms with Crippen LogP contribution in [-0.2, 0) is 0 Å². The topological polar surface area (TPSA) is 16.4 Å². The lowest BCUT2D eigenvalue weighted by molar-refractivity contribution is 0.165. The molecule has 0 N–H and O–H groups in total. The van der Waals surface area contributed by atoms with Crippen LogP contribution in [0.1, 0.15) is 45.8 Å². The van der Waals surface area contributed by atoms with Crippen molar-refractivity contribution < 1.29 is 4.42 Å². The number of furan rings is 1. The fourth-order valence-corrected chi connectivity index (χ4v) is 2.87. The maximum atomic E-state index is 5.55. The van der Waals surface area contributed by atoms with Gasteiger partial charge in [-0.2, -0.15) is 0 Å². The van der Waals surface area contributed by atoms with Gasteiger partial charge in [0.05, 0.1) is 6.26 Å². The van der Waals surface area contributed by atoms with E-state index in [0.717, 1.165) is 18.2 Å². The summed E-state index contributed by atoms with van der Waals surface area (Å²) in [6.45, 7) is 10.4. The Balaban J connectivity index is 2.12. The van der Waals surface area contributed by atoms with Gasteiger partial charge in [0.15, 0.2) is 0 Å². The third kappa shape index (κ3) is 2.17. The van der Waals surface area contributed by atoms with Crippen LogP contribution in [0.5, 0.6) is 0 Å². The predicted octanol–water partition coefficient (Wildman–Crippen LogP) is 3.50. The van der Waals surface area contributed by atoms with Gasteiger partial charge in [-0.3, -0.25) is 4.90 Å². The molecule has 0 aromatic carbocycles. The molecule has 0 saturated carbocycles. The third-order valence-electron chi connectivity index (χ3n) is 3.76. The summed E-state index contributed by atoms with van der Waals surface area (Å²) in [5, 5.41) is 0. The maximum absolute atomic E-state index is 5.55. The van der Waals surface area contributed by atoms with Crippen molar-refractivity contribution in [3.63, 3.8) is 0 Å². The molecule has 1 aromatic heterocycles. The highest BCUT2D eigenvalue weighted by Crippen LogP contribution is 2.36. The predicted molar refractivity (Wildman–Crippen MR) is 66.5 cm³/mol. The van der Waals surface area contributed by atoms with Crippen LogP contribution in [0.25, 0.3) is 0 Å². The lowest BCUT2D eigenvalue weighted by Gasteiger charge is -2.30. The van der Waals surface area contributed by atoms with Crippen molar-refractivity contribution in [1.29, 1.82) is 0 Å². The molecule has 2 heterocycles. The fourth-order valence-electron chi connectivity index (χ4n) is 2.87. The fraction of sp³-hybridized carbons (Fsp3) is 0.714. The Morgan fingerprint density at radius 1 is 1.31 bits per heavy atom. The Morgan fingerprint density at radius 2 is 2.06 bits per heavy atom. The lowest BCUT2D eigenvalue weighted by atomic mass is 9.96. The van der Waals surface area contributed by atoms with Crippen LogP contribution < -0.4 is 0 Å². The van der Waals surface area contributed by atoms with Gasteiger partial charge < -0.3 is 4.42 Å². The number of rotatable bonds is 3. The van der Waals surface area contributed by atoms with Crippen molar-refractivity contribution in [2.45, 2.75) is 52.1 Å². The normalized spacial score (nSPS) is 27.1. The van der Waals surface area contributed by atoms with E-state index in [-0.39, 0.29) is 0 Å². The lowest BCUT2D eigenvalue weighted by Crippen LogP contribution is -2.38. The summed E-state index contributed by atoms with van der Waals surface area (Å²) in [5.41, 5.74) is 0. The molecule has 1 fully saturated rings. The molecular formula is C14H23NO. The standard InChI is InChI=1S/C14H23NO/c1-10(2)13-8-12(9-15(13)11(3)4)14-6-5-7-16-14/h5-7,10-13H,8-9H2,1-4H3/t12-,13-/m0/s1. The molecule has 0 unspecified atom stereocenters. The molecule has 2 heteroatoms. The SMILES string of the molecule is CC(C)[C@@H]1C[C@H](c2ccco2)CN1C(C)C. The number of hydrogen-bond donors (Lipinski definition) is 0. The van der Waals surface area contributed by atoms with Gasteiger partial charge in [0.1, 0.15) is 5.76 Å². The monoisotopic (exact) mass is 221 g/mol. The molecule has 0 aliphatic carbocycles. The van der Waals surface area contributed by atoms with Gasteiger partial charge in [0.25, 0.3) is 0 Å². The molecule has 16 heavy (non-hydrogen) atoms. The molecule has 1 aliphatic rings. The van der Waals surface area contributed by atoms with Gasteiger partial charge in [0, 0.05) is 24.5 Å². The van der Waals surface area contributed by atoms with Crippen LogP contribution in [0.4, 0.5) is 0 Å². The van der Waals surface area contributed by atoms with Crippen molar-refractivity contribution in [3.8, 4) is 0 Å². The van der Waals surface area contributed by atoms with E-state index >= 15 is 0 Å². The molecule has 2 atom stereocenters. The van der Waals surface area contributed by atoms with E-state index < -0.39 is 0 Å². The van der Waals surface area contributed by atoms with E-state index in [0.29, 0.717) is 18.0 Å². The van der Waals surface area contributed by atoms with Crippen LogP contribution in [0.3, 0.4) is 0 Å². The summed E-state index contributed by atoms with van der Waals surface area (Å²) in [4.78, 5) is 2.62. The summed E-state index contributed by atoms with van der Waals surface area (Å²) in [5.74, 6) is 2.47. The molecule has 90 valence electrons. The third-order valence-corrected chi connectivity index (χ3v) is 3.76. The summed E-state index contributed by atoms with van der Waals surface area (Å²) >= 11 is 0. The molecule has 1 aliphatic heterocycles. The first-order chi connectivity index (χ1) is 7.59. The van der Waals surface area contributed by atoms with Gasteiger partial charge in [0.2, 0.25) is 0 Å². The Bertz CT molecular complexity index is 299. The molecule has 0 radical (unpaired) electrons. The first-order valence-electron chi connectivity index (χ1n) is 6.38. The zero-order valence-electron chi connectivity index (χ0n) is 10.8. The van der Waals surface area contributed by atoms with Crippen LogP contribution in [-0.4, -0.2) is 23.5 Å². The molecule has 1 aromatic rings. The first-order valence-corrected chi connectivity index (χ1v) is 6.38. The molecule has 2 nitrogen and oxygen atoms in total. The maximum Gasteiger partial charge on any atom is 0.108 e.